The van der Waals surface area contributed by atoms with Gasteiger partial charge in [0.15, 0.2) is 5.82 Å². The summed E-state index contributed by atoms with van der Waals surface area (Å²) < 4.78 is 12.9. The summed E-state index contributed by atoms with van der Waals surface area (Å²) in [5.41, 5.74) is 7.33. The first-order chi connectivity index (χ1) is 15.3. The van der Waals surface area contributed by atoms with Gasteiger partial charge in [0.05, 0.1) is 19.8 Å². The molecule has 2 atom stereocenters. The van der Waals surface area contributed by atoms with E-state index in [9.17, 15) is 4.79 Å². The van der Waals surface area contributed by atoms with Gasteiger partial charge in [0.25, 0.3) is 0 Å². The predicted octanol–water partition coefficient (Wildman–Crippen LogP) is 1.76. The summed E-state index contributed by atoms with van der Waals surface area (Å²) in [7, 11) is 0. The van der Waals surface area contributed by atoms with E-state index in [-0.39, 0.29) is 17.9 Å². The van der Waals surface area contributed by atoms with E-state index < -0.39 is 5.60 Å². The van der Waals surface area contributed by atoms with Crippen molar-refractivity contribution in [2.45, 2.75) is 45.8 Å². The van der Waals surface area contributed by atoms with E-state index in [1.807, 2.05) is 30.4 Å². The average Bonchev–Trinajstić information content (AvgIpc) is 3.22. The maximum Gasteiger partial charge on any atom is 0.410 e. The number of fused-ring (bicyclic) bond motifs is 1. The Morgan fingerprint density at radius 2 is 2.25 bits per heavy atom. The molecule has 174 valence electrons. The lowest BCUT2D eigenvalue weighted by Gasteiger charge is -2.37. The van der Waals surface area contributed by atoms with Crippen LogP contribution in [-0.2, 0) is 16.0 Å². The van der Waals surface area contributed by atoms with Crippen LogP contribution < -0.4 is 11.1 Å². The van der Waals surface area contributed by atoms with Crippen LogP contribution in [0.5, 0.6) is 0 Å². The van der Waals surface area contributed by atoms with Crippen LogP contribution >= 0.6 is 0 Å². The lowest BCUT2D eigenvalue weighted by Crippen LogP contribution is -2.45. The molecule has 1 aromatic heterocycles. The van der Waals surface area contributed by atoms with E-state index in [2.05, 4.69) is 26.5 Å². The van der Waals surface area contributed by atoms with Crippen molar-refractivity contribution >= 4 is 17.6 Å². The molecule has 3 N–H and O–H groups in total. The van der Waals surface area contributed by atoms with Gasteiger partial charge >= 0.3 is 6.09 Å². The number of allylic oxidation sites excluding steroid dienone is 1. The molecule has 2 saturated heterocycles. The normalized spacial score (nSPS) is 25.7. The van der Waals surface area contributed by atoms with E-state index in [0.717, 1.165) is 31.6 Å². The smallest absolute Gasteiger partial charge is 0.410 e. The quantitative estimate of drug-likeness (QED) is 0.539. The molecule has 1 amide bonds. The molecule has 4 rings (SSSR count). The molecule has 0 radical (unpaired) electrons. The summed E-state index contributed by atoms with van der Waals surface area (Å²) >= 11 is 0. The van der Waals surface area contributed by atoms with Gasteiger partial charge in [-0.3, -0.25) is 0 Å². The zero-order valence-corrected chi connectivity index (χ0v) is 19.1. The SMILES string of the molecule is CC(C)(C)OC(=O)N1CCC[C@H](C2C=C(N=C(N)/C=C3/COCCN3)c3ncnn3C2)C1. The average molecular weight is 444 g/mol. The number of morpholine rings is 1. The third-order valence-electron chi connectivity index (χ3n) is 5.74. The molecule has 1 aromatic rings. The van der Waals surface area contributed by atoms with Crippen LogP contribution in [-0.4, -0.2) is 70.0 Å². The molecule has 0 aromatic carbocycles. The lowest BCUT2D eigenvalue weighted by atomic mass is 9.83. The largest absolute Gasteiger partial charge is 0.444 e. The van der Waals surface area contributed by atoms with Crippen LogP contribution in [0.3, 0.4) is 0 Å². The number of hydrogen-bond acceptors (Lipinski definition) is 7. The third kappa shape index (κ3) is 5.48. The lowest BCUT2D eigenvalue weighted by molar-refractivity contribution is 0.0137. The molecule has 1 unspecified atom stereocenters. The first kappa shape index (κ1) is 22.3. The number of rotatable bonds is 3. The van der Waals surface area contributed by atoms with Crippen LogP contribution in [0.25, 0.3) is 5.70 Å². The summed E-state index contributed by atoms with van der Waals surface area (Å²) in [6.45, 7) is 9.69. The van der Waals surface area contributed by atoms with E-state index in [0.29, 0.717) is 43.7 Å². The van der Waals surface area contributed by atoms with Crippen LogP contribution in [0.4, 0.5) is 4.79 Å². The maximum absolute atomic E-state index is 12.6. The molecule has 2 fully saturated rings. The van der Waals surface area contributed by atoms with Crippen molar-refractivity contribution in [3.05, 3.63) is 30.0 Å². The Labute approximate surface area is 188 Å². The van der Waals surface area contributed by atoms with Gasteiger partial charge in [-0.1, -0.05) is 0 Å². The molecule has 3 aliphatic rings. The number of nitrogens with two attached hydrogens (primary N) is 1. The van der Waals surface area contributed by atoms with E-state index >= 15 is 0 Å². The number of ether oxygens (including phenoxy) is 2. The predicted molar refractivity (Wildman–Crippen MR) is 121 cm³/mol. The van der Waals surface area contributed by atoms with Crippen LogP contribution in [0.15, 0.2) is 29.2 Å². The summed E-state index contributed by atoms with van der Waals surface area (Å²) in [4.78, 5) is 23.4. The Balaban J connectivity index is 1.52. The molecule has 10 heteroatoms. The standard InChI is InChI=1S/C22H33N7O3/c1-22(2,3)32-21(30)28-7-4-5-15(11-28)16-9-18(20-25-14-26-29(20)12-16)27-19(23)10-17-13-31-8-6-24-17/h9-10,14-16,24H,4-8,11-13H2,1-3H3,(H2,23,27)/b17-10-/t15-,16?/m0/s1. The van der Waals surface area contributed by atoms with Gasteiger partial charge in [-0.15, -0.1) is 0 Å². The molecule has 32 heavy (non-hydrogen) atoms. The molecular weight excluding hydrogens is 410 g/mol. The van der Waals surface area contributed by atoms with Gasteiger partial charge in [-0.05, 0) is 45.6 Å². The van der Waals surface area contributed by atoms with Crippen LogP contribution in [0.1, 0.15) is 39.4 Å². The summed E-state index contributed by atoms with van der Waals surface area (Å²) in [6, 6.07) is 0. The second-order valence-corrected chi connectivity index (χ2v) is 9.50. The van der Waals surface area contributed by atoms with Gasteiger partial charge in [0.2, 0.25) is 0 Å². The number of carbonyl (C=O) groups is 1. The minimum atomic E-state index is -0.503. The van der Waals surface area contributed by atoms with E-state index in [1.165, 1.54) is 0 Å². The number of aliphatic imine (C=N–C) groups is 1. The van der Waals surface area contributed by atoms with Crippen molar-refractivity contribution in [3.63, 3.8) is 0 Å². The molecule has 0 spiro atoms. The number of likely N-dealkylation sites (tertiary alicyclic amines) is 1. The Morgan fingerprint density at radius 3 is 3.00 bits per heavy atom. The number of aromatic nitrogens is 3. The number of carbonyl (C=O) groups excluding carboxylic acids is 1. The van der Waals surface area contributed by atoms with Gasteiger partial charge < -0.3 is 25.4 Å². The molecular formula is C22H33N7O3. The second kappa shape index (κ2) is 9.32. The van der Waals surface area contributed by atoms with Gasteiger partial charge in [-0.2, -0.15) is 5.10 Å². The van der Waals surface area contributed by atoms with Crippen molar-refractivity contribution in [2.24, 2.45) is 22.6 Å². The van der Waals surface area contributed by atoms with Crippen molar-refractivity contribution in [2.75, 3.05) is 32.8 Å². The molecule has 10 nitrogen and oxygen atoms in total. The highest BCUT2D eigenvalue weighted by Crippen LogP contribution is 2.33. The number of hydrogen-bond donors (Lipinski definition) is 2. The Bertz CT molecular complexity index is 920. The topological polar surface area (TPSA) is 120 Å². The highest BCUT2D eigenvalue weighted by molar-refractivity contribution is 5.95. The van der Waals surface area contributed by atoms with Crippen molar-refractivity contribution in [1.29, 1.82) is 0 Å². The second-order valence-electron chi connectivity index (χ2n) is 9.50. The molecule has 0 bridgehead atoms. The summed E-state index contributed by atoms with van der Waals surface area (Å²) in [6.07, 6.45) is 7.19. The number of nitrogens with zero attached hydrogens (tertiary/aromatic N) is 5. The minimum Gasteiger partial charge on any atom is -0.444 e. The van der Waals surface area contributed by atoms with E-state index in [4.69, 9.17) is 15.2 Å². The zero-order chi connectivity index (χ0) is 22.7. The summed E-state index contributed by atoms with van der Waals surface area (Å²) in [5, 5.41) is 7.65. The number of amides is 1. The highest BCUT2D eigenvalue weighted by atomic mass is 16.6. The number of amidine groups is 1. The number of nitrogens with one attached hydrogen (secondary N) is 1. The maximum atomic E-state index is 12.6. The van der Waals surface area contributed by atoms with Gasteiger partial charge in [-0.25, -0.2) is 19.5 Å². The van der Waals surface area contributed by atoms with Crippen LogP contribution in [0.2, 0.25) is 0 Å². The van der Waals surface area contributed by atoms with Crippen molar-refractivity contribution in [1.82, 2.24) is 25.0 Å². The Morgan fingerprint density at radius 1 is 1.41 bits per heavy atom. The Kier molecular flexibility index (Phi) is 6.50. The molecule has 0 saturated carbocycles. The third-order valence-corrected chi connectivity index (χ3v) is 5.74. The summed E-state index contributed by atoms with van der Waals surface area (Å²) in [5.74, 6) is 1.55. The molecule has 4 heterocycles. The first-order valence-electron chi connectivity index (χ1n) is 11.2. The Hall–Kier alpha value is -2.88. The van der Waals surface area contributed by atoms with Crippen LogP contribution in [0, 0.1) is 11.8 Å². The fourth-order valence-corrected chi connectivity index (χ4v) is 4.31. The number of piperidine rings is 1. The van der Waals surface area contributed by atoms with E-state index in [1.54, 1.807) is 12.4 Å². The zero-order valence-electron chi connectivity index (χ0n) is 19.1. The molecule has 3 aliphatic heterocycles. The first-order valence-corrected chi connectivity index (χ1v) is 11.2. The van der Waals surface area contributed by atoms with Gasteiger partial charge in [0, 0.05) is 37.3 Å². The highest BCUT2D eigenvalue weighted by Gasteiger charge is 2.33. The van der Waals surface area contributed by atoms with Gasteiger partial charge in [0.1, 0.15) is 23.5 Å². The fraction of sp³-hybridized carbons (Fsp3) is 0.636. The molecule has 0 aliphatic carbocycles. The van der Waals surface area contributed by atoms with Crippen molar-refractivity contribution < 1.29 is 14.3 Å². The fourth-order valence-electron chi connectivity index (χ4n) is 4.31. The monoisotopic (exact) mass is 443 g/mol. The van der Waals surface area contributed by atoms with Crippen molar-refractivity contribution in [3.8, 4) is 0 Å². The minimum absolute atomic E-state index is 0.171.